The highest BCUT2D eigenvalue weighted by Crippen LogP contribution is 2.45. The van der Waals surface area contributed by atoms with Crippen molar-refractivity contribution in [3.8, 4) is 0 Å². The van der Waals surface area contributed by atoms with Gasteiger partial charge in [-0.25, -0.2) is 14.2 Å². The average molecular weight is 578 g/mol. The fourth-order valence-electron chi connectivity index (χ4n) is 5.31. The van der Waals surface area contributed by atoms with Gasteiger partial charge in [0.1, 0.15) is 12.4 Å². The van der Waals surface area contributed by atoms with Crippen LogP contribution in [0.15, 0.2) is 82.0 Å². The van der Waals surface area contributed by atoms with E-state index >= 15 is 4.39 Å². The lowest BCUT2D eigenvalue weighted by molar-refractivity contribution is -0.151. The zero-order chi connectivity index (χ0) is 28.9. The molecule has 2 aromatic rings. The zero-order valence-corrected chi connectivity index (χ0v) is 23.9. The van der Waals surface area contributed by atoms with E-state index in [4.69, 9.17) is 9.47 Å². The van der Waals surface area contributed by atoms with E-state index in [0.29, 0.717) is 54.7 Å². The number of halogens is 1. The summed E-state index contributed by atoms with van der Waals surface area (Å²) in [6.45, 7) is 4.81. The van der Waals surface area contributed by atoms with Crippen LogP contribution in [0.1, 0.15) is 50.3 Å². The standard InChI is InChI=1S/C31H32FN3O5S/c1-3-39-29(37)22-13-15-34(16-14-22)26(36)17-23-19-41-31-33-20(2)27(30(38)40-18-21-9-5-4-6-10-21)28(35(23)31)24-11-7-8-12-25(24)32/h4-12,19,22,28H,3,13-18H2,1-2H3/t28-/m0/s1. The number of aliphatic imine (C=N–C) groups is 1. The van der Waals surface area contributed by atoms with Crippen molar-refractivity contribution >= 4 is 34.8 Å². The second-order valence-corrected chi connectivity index (χ2v) is 10.9. The number of carbonyl (C=O) groups is 3. The summed E-state index contributed by atoms with van der Waals surface area (Å²) in [4.78, 5) is 47.2. The Hall–Kier alpha value is -3.92. The molecule has 0 N–H and O–H groups in total. The number of fused-ring (bicyclic) bond motifs is 1. The number of esters is 2. The molecule has 0 aliphatic carbocycles. The molecule has 0 saturated carbocycles. The van der Waals surface area contributed by atoms with Crippen molar-refractivity contribution in [3.63, 3.8) is 0 Å². The minimum absolute atomic E-state index is 0.0481. The minimum Gasteiger partial charge on any atom is -0.466 e. The van der Waals surface area contributed by atoms with Gasteiger partial charge in [0.15, 0.2) is 5.17 Å². The molecule has 8 nitrogen and oxygen atoms in total. The van der Waals surface area contributed by atoms with Crippen LogP contribution in [0.3, 0.4) is 0 Å². The number of carbonyl (C=O) groups excluding carboxylic acids is 3. The molecule has 0 bridgehead atoms. The molecule has 1 atom stereocenters. The number of piperidine rings is 1. The van der Waals surface area contributed by atoms with Gasteiger partial charge >= 0.3 is 11.9 Å². The lowest BCUT2D eigenvalue weighted by Gasteiger charge is -2.37. The van der Waals surface area contributed by atoms with Crippen LogP contribution < -0.4 is 0 Å². The second-order valence-electron chi connectivity index (χ2n) is 10.1. The topological polar surface area (TPSA) is 88.5 Å². The Morgan fingerprint density at radius 2 is 1.73 bits per heavy atom. The fourth-order valence-corrected chi connectivity index (χ4v) is 6.28. The molecule has 1 amide bonds. The van der Waals surface area contributed by atoms with Crippen LogP contribution in [0.2, 0.25) is 0 Å². The van der Waals surface area contributed by atoms with Crippen molar-refractivity contribution in [2.45, 2.75) is 45.8 Å². The van der Waals surface area contributed by atoms with Gasteiger partial charge in [-0.3, -0.25) is 9.59 Å². The van der Waals surface area contributed by atoms with Crippen molar-refractivity contribution in [2.24, 2.45) is 10.9 Å². The molecule has 0 aromatic heterocycles. The largest absolute Gasteiger partial charge is 0.466 e. The number of rotatable bonds is 8. The van der Waals surface area contributed by atoms with Crippen LogP contribution in [0, 0.1) is 11.7 Å². The lowest BCUT2D eigenvalue weighted by Crippen LogP contribution is -2.42. The van der Waals surface area contributed by atoms with Crippen molar-refractivity contribution in [1.29, 1.82) is 0 Å². The van der Waals surface area contributed by atoms with E-state index < -0.39 is 17.8 Å². The summed E-state index contributed by atoms with van der Waals surface area (Å²) in [5, 5.41) is 2.40. The van der Waals surface area contributed by atoms with Gasteiger partial charge in [-0.05, 0) is 43.7 Å². The van der Waals surface area contributed by atoms with E-state index in [9.17, 15) is 14.4 Å². The predicted molar refractivity (Wildman–Crippen MR) is 154 cm³/mol. The number of amidine groups is 1. The second kappa shape index (κ2) is 12.7. The molecule has 214 valence electrons. The smallest absolute Gasteiger partial charge is 0.338 e. The minimum atomic E-state index is -0.851. The molecule has 0 radical (unpaired) electrons. The van der Waals surface area contributed by atoms with Gasteiger partial charge in [0.25, 0.3) is 0 Å². The van der Waals surface area contributed by atoms with Gasteiger partial charge in [-0.2, -0.15) is 0 Å². The first kappa shape index (κ1) is 28.6. The predicted octanol–water partition coefficient (Wildman–Crippen LogP) is 5.34. The number of hydrogen-bond acceptors (Lipinski definition) is 8. The van der Waals surface area contributed by atoms with E-state index in [1.54, 1.807) is 41.8 Å². The third-order valence-electron chi connectivity index (χ3n) is 7.43. The first-order valence-corrected chi connectivity index (χ1v) is 14.6. The number of amides is 1. The Balaban J connectivity index is 1.37. The Kier molecular flexibility index (Phi) is 8.87. The molecular formula is C31H32FN3O5S. The third-order valence-corrected chi connectivity index (χ3v) is 8.32. The Morgan fingerprint density at radius 3 is 2.44 bits per heavy atom. The highest BCUT2D eigenvalue weighted by molar-refractivity contribution is 8.16. The molecule has 0 unspecified atom stereocenters. The molecule has 1 fully saturated rings. The van der Waals surface area contributed by atoms with Gasteiger partial charge < -0.3 is 19.3 Å². The molecule has 3 heterocycles. The van der Waals surface area contributed by atoms with Crippen molar-refractivity contribution in [3.05, 3.63) is 93.9 Å². The number of hydrogen-bond donors (Lipinski definition) is 0. The summed E-state index contributed by atoms with van der Waals surface area (Å²) < 4.78 is 26.1. The first-order chi connectivity index (χ1) is 19.9. The molecule has 1 saturated heterocycles. The fraction of sp³-hybridized carbons (Fsp3) is 0.355. The molecule has 5 rings (SSSR count). The Morgan fingerprint density at radius 1 is 1.02 bits per heavy atom. The molecule has 2 aromatic carbocycles. The number of nitrogens with zero attached hydrogens (tertiary/aromatic N) is 3. The summed E-state index contributed by atoms with van der Waals surface area (Å²) in [5.41, 5.74) is 2.42. The van der Waals surface area contributed by atoms with Gasteiger partial charge in [0.2, 0.25) is 5.91 Å². The summed E-state index contributed by atoms with van der Waals surface area (Å²) in [6.07, 6.45) is 1.14. The Bertz CT molecular complexity index is 1420. The SMILES string of the molecule is CCOC(=O)C1CCN(C(=O)CC2=CSC3=NC(C)=C(C(=O)OCc4ccccc4)[C@H](c4ccccc4F)N23)CC1. The van der Waals surface area contributed by atoms with Crippen LogP contribution in [-0.2, 0) is 30.5 Å². The normalized spacial score (nSPS) is 19.0. The van der Waals surface area contributed by atoms with E-state index in [1.165, 1.54) is 17.8 Å². The molecular weight excluding hydrogens is 545 g/mol. The number of thioether (sulfide) groups is 1. The quantitative estimate of drug-likeness (QED) is 0.392. The summed E-state index contributed by atoms with van der Waals surface area (Å²) >= 11 is 1.34. The van der Waals surface area contributed by atoms with Gasteiger partial charge in [-0.15, -0.1) is 0 Å². The highest BCUT2D eigenvalue weighted by Gasteiger charge is 2.42. The number of benzene rings is 2. The van der Waals surface area contributed by atoms with E-state index in [1.807, 2.05) is 35.7 Å². The molecule has 3 aliphatic heterocycles. The lowest BCUT2D eigenvalue weighted by atomic mass is 9.93. The van der Waals surface area contributed by atoms with Crippen molar-refractivity contribution in [2.75, 3.05) is 19.7 Å². The number of ether oxygens (including phenoxy) is 2. The maximum atomic E-state index is 15.3. The van der Waals surface area contributed by atoms with Gasteiger partial charge in [0, 0.05) is 24.4 Å². The maximum absolute atomic E-state index is 15.3. The monoisotopic (exact) mass is 577 g/mol. The molecule has 3 aliphatic rings. The van der Waals surface area contributed by atoms with E-state index in [-0.39, 0.29) is 36.4 Å². The summed E-state index contributed by atoms with van der Waals surface area (Å²) in [6, 6.07) is 14.8. The zero-order valence-electron chi connectivity index (χ0n) is 23.0. The van der Waals surface area contributed by atoms with E-state index in [0.717, 1.165) is 5.56 Å². The number of allylic oxidation sites excluding steroid dienone is 1. The maximum Gasteiger partial charge on any atom is 0.338 e. The van der Waals surface area contributed by atoms with Crippen LogP contribution in [-0.4, -0.2) is 52.5 Å². The van der Waals surface area contributed by atoms with Crippen LogP contribution in [0.5, 0.6) is 0 Å². The van der Waals surface area contributed by atoms with Gasteiger partial charge in [0.05, 0.1) is 36.3 Å². The summed E-state index contributed by atoms with van der Waals surface area (Å²) in [7, 11) is 0. The number of likely N-dealkylation sites (tertiary alicyclic amines) is 1. The van der Waals surface area contributed by atoms with E-state index in [2.05, 4.69) is 4.99 Å². The van der Waals surface area contributed by atoms with Gasteiger partial charge in [-0.1, -0.05) is 60.3 Å². The van der Waals surface area contributed by atoms with Crippen LogP contribution in [0.25, 0.3) is 0 Å². The van der Waals surface area contributed by atoms with Crippen molar-refractivity contribution < 1.29 is 28.2 Å². The molecule has 41 heavy (non-hydrogen) atoms. The molecule has 10 heteroatoms. The van der Waals surface area contributed by atoms with Crippen LogP contribution in [0.4, 0.5) is 4.39 Å². The first-order valence-electron chi connectivity index (χ1n) is 13.7. The third kappa shape index (κ3) is 6.22. The molecule has 0 spiro atoms. The van der Waals surface area contributed by atoms with Crippen LogP contribution >= 0.6 is 11.8 Å². The highest BCUT2D eigenvalue weighted by atomic mass is 32.2. The summed E-state index contributed by atoms with van der Waals surface area (Å²) in [5.74, 6) is -1.59. The Labute approximate surface area is 242 Å². The average Bonchev–Trinajstić information content (AvgIpc) is 3.38. The van der Waals surface area contributed by atoms with Crippen molar-refractivity contribution in [1.82, 2.24) is 9.80 Å².